The first kappa shape index (κ1) is 24.9. The van der Waals surface area contributed by atoms with E-state index in [-0.39, 0.29) is 17.2 Å². The third kappa shape index (κ3) is 4.93. The Hall–Kier alpha value is -4.20. The Morgan fingerprint density at radius 2 is 1.61 bits per heavy atom. The molecule has 2 N–H and O–H groups in total. The number of methoxy groups -OCH3 is 4. The fraction of sp³-hybridized carbons (Fsp3) is 0.286. The number of amides is 2. The molecule has 3 aromatic carbocycles. The van der Waals surface area contributed by atoms with Crippen molar-refractivity contribution in [2.45, 2.75) is 25.4 Å². The van der Waals surface area contributed by atoms with Crippen LogP contribution in [-0.4, -0.2) is 34.5 Å². The van der Waals surface area contributed by atoms with Crippen molar-refractivity contribution in [1.29, 1.82) is 0 Å². The molecule has 0 saturated heterocycles. The lowest BCUT2D eigenvalue weighted by Gasteiger charge is -2.20. The highest BCUT2D eigenvalue weighted by molar-refractivity contribution is 5.83. The van der Waals surface area contributed by atoms with Gasteiger partial charge in [-0.3, -0.25) is 4.79 Å². The summed E-state index contributed by atoms with van der Waals surface area (Å²) in [5.74, 6) is 1.71. The molecule has 4 rings (SSSR count). The molecule has 0 heterocycles. The Labute approximate surface area is 210 Å². The van der Waals surface area contributed by atoms with E-state index < -0.39 is 6.04 Å². The van der Waals surface area contributed by atoms with Gasteiger partial charge in [-0.2, -0.15) is 0 Å². The molecule has 1 aliphatic rings. The van der Waals surface area contributed by atoms with Gasteiger partial charge in [0.05, 0.1) is 34.5 Å². The first-order valence-corrected chi connectivity index (χ1v) is 11.6. The van der Waals surface area contributed by atoms with E-state index in [1.54, 1.807) is 27.4 Å². The van der Waals surface area contributed by atoms with Crippen LogP contribution in [0.5, 0.6) is 23.0 Å². The van der Waals surface area contributed by atoms with Crippen LogP contribution in [0.4, 0.5) is 4.79 Å². The van der Waals surface area contributed by atoms with Crippen molar-refractivity contribution in [2.75, 3.05) is 28.4 Å². The van der Waals surface area contributed by atoms with Crippen LogP contribution in [0, 0.1) is 0 Å². The van der Waals surface area contributed by atoms with Gasteiger partial charge in [-0.15, -0.1) is 0 Å². The molecule has 8 nitrogen and oxygen atoms in total. The van der Waals surface area contributed by atoms with Crippen LogP contribution in [0.3, 0.4) is 0 Å². The average molecular weight is 491 g/mol. The molecule has 0 bridgehead atoms. The van der Waals surface area contributed by atoms with E-state index in [0.29, 0.717) is 42.2 Å². The Morgan fingerprint density at radius 1 is 0.889 bits per heavy atom. The Balaban J connectivity index is 1.80. The molecule has 0 spiro atoms. The quantitative estimate of drug-likeness (QED) is 0.515. The number of rotatable bonds is 7. The normalized spacial score (nSPS) is 13.9. The zero-order valence-corrected chi connectivity index (χ0v) is 20.8. The molecule has 2 amide bonds. The Bertz CT molecular complexity index is 1310. The summed E-state index contributed by atoms with van der Waals surface area (Å²) >= 11 is 0. The monoisotopic (exact) mass is 490 g/mol. The van der Waals surface area contributed by atoms with Crippen molar-refractivity contribution in [3.8, 4) is 34.1 Å². The standard InChI is InChI=1S/C28H30N2O6/c1-33-23-13-11-19-20(15-22(23)31)21(30-28(32)29-16-17-8-6-5-7-9-17)12-10-18-14-24(34-2)26(35-3)27(36-4)25(18)19/h5-9,11,13-15,21H,10,12,16H2,1-4H3,(H2,29,30,32). The van der Waals surface area contributed by atoms with Crippen molar-refractivity contribution >= 4 is 6.03 Å². The molecular weight excluding hydrogens is 460 g/mol. The minimum absolute atomic E-state index is 0.205. The smallest absolute Gasteiger partial charge is 0.315 e. The van der Waals surface area contributed by atoms with E-state index in [1.165, 1.54) is 13.2 Å². The van der Waals surface area contributed by atoms with Crippen LogP contribution in [0.15, 0.2) is 59.4 Å². The number of ether oxygens (including phenoxy) is 4. The minimum Gasteiger partial charge on any atom is -0.493 e. The summed E-state index contributed by atoms with van der Waals surface area (Å²) in [7, 11) is 6.15. The van der Waals surface area contributed by atoms with Gasteiger partial charge in [-0.25, -0.2) is 4.79 Å². The number of nitrogens with one attached hydrogen (secondary N) is 2. The van der Waals surface area contributed by atoms with E-state index in [0.717, 1.165) is 22.3 Å². The molecule has 1 aliphatic carbocycles. The van der Waals surface area contributed by atoms with Crippen LogP contribution in [0.1, 0.15) is 29.2 Å². The molecule has 0 aromatic heterocycles. The summed E-state index contributed by atoms with van der Waals surface area (Å²) in [4.78, 5) is 25.8. The summed E-state index contributed by atoms with van der Waals surface area (Å²) in [6.07, 6.45) is 1.17. The summed E-state index contributed by atoms with van der Waals surface area (Å²) in [6, 6.07) is 15.8. The van der Waals surface area contributed by atoms with Crippen molar-refractivity contribution in [1.82, 2.24) is 10.6 Å². The molecule has 8 heteroatoms. The van der Waals surface area contributed by atoms with Crippen molar-refractivity contribution in [2.24, 2.45) is 0 Å². The van der Waals surface area contributed by atoms with Gasteiger partial charge >= 0.3 is 6.03 Å². The number of aryl methyl sites for hydroxylation is 1. The van der Waals surface area contributed by atoms with E-state index >= 15 is 0 Å². The van der Waals surface area contributed by atoms with Crippen LogP contribution in [0.2, 0.25) is 0 Å². The Kier molecular flexibility index (Phi) is 7.63. The largest absolute Gasteiger partial charge is 0.493 e. The van der Waals surface area contributed by atoms with Gasteiger partial charge in [0.1, 0.15) is 0 Å². The lowest BCUT2D eigenvalue weighted by molar-refractivity contribution is 0.236. The fourth-order valence-corrected chi connectivity index (χ4v) is 4.60. The first-order chi connectivity index (χ1) is 17.5. The summed E-state index contributed by atoms with van der Waals surface area (Å²) < 4.78 is 22.3. The number of urea groups is 1. The van der Waals surface area contributed by atoms with E-state index in [1.807, 2.05) is 42.5 Å². The third-order valence-corrected chi connectivity index (χ3v) is 6.32. The number of carbonyl (C=O) groups excluding carboxylic acids is 1. The Morgan fingerprint density at radius 3 is 2.28 bits per heavy atom. The van der Waals surface area contributed by atoms with Crippen LogP contribution < -0.4 is 35.0 Å². The molecule has 36 heavy (non-hydrogen) atoms. The number of hydrogen-bond donors (Lipinski definition) is 2. The van der Waals surface area contributed by atoms with Crippen molar-refractivity contribution in [3.63, 3.8) is 0 Å². The highest BCUT2D eigenvalue weighted by Gasteiger charge is 2.29. The predicted molar refractivity (Wildman–Crippen MR) is 137 cm³/mol. The molecule has 0 saturated carbocycles. The molecule has 0 fully saturated rings. The lowest BCUT2D eigenvalue weighted by atomic mass is 9.95. The van der Waals surface area contributed by atoms with Crippen LogP contribution >= 0.6 is 0 Å². The summed E-state index contributed by atoms with van der Waals surface area (Å²) in [6.45, 7) is 0.387. The average Bonchev–Trinajstić information content (AvgIpc) is 3.15. The maximum Gasteiger partial charge on any atom is 0.315 e. The van der Waals surface area contributed by atoms with Crippen LogP contribution in [0.25, 0.3) is 11.1 Å². The molecule has 0 aliphatic heterocycles. The van der Waals surface area contributed by atoms with Gasteiger partial charge in [-0.1, -0.05) is 36.4 Å². The molecule has 1 unspecified atom stereocenters. The van der Waals surface area contributed by atoms with Gasteiger partial charge < -0.3 is 29.6 Å². The maximum absolute atomic E-state index is 12.9. The van der Waals surface area contributed by atoms with E-state index in [9.17, 15) is 9.59 Å². The molecule has 3 aromatic rings. The van der Waals surface area contributed by atoms with Gasteiger partial charge in [0, 0.05) is 12.1 Å². The van der Waals surface area contributed by atoms with Crippen LogP contribution in [-0.2, 0) is 13.0 Å². The lowest BCUT2D eigenvalue weighted by Crippen LogP contribution is -2.37. The fourth-order valence-electron chi connectivity index (χ4n) is 4.60. The number of benzene rings is 2. The molecular formula is C28H30N2O6. The zero-order chi connectivity index (χ0) is 25.7. The second-order valence-electron chi connectivity index (χ2n) is 8.36. The van der Waals surface area contributed by atoms with Crippen molar-refractivity contribution in [3.05, 3.63) is 81.5 Å². The highest BCUT2D eigenvalue weighted by Crippen LogP contribution is 2.50. The van der Waals surface area contributed by atoms with Gasteiger partial charge in [0.15, 0.2) is 17.2 Å². The van der Waals surface area contributed by atoms with E-state index in [2.05, 4.69) is 10.6 Å². The second kappa shape index (κ2) is 11.0. The van der Waals surface area contributed by atoms with Crippen molar-refractivity contribution < 1.29 is 23.7 Å². The third-order valence-electron chi connectivity index (χ3n) is 6.32. The molecule has 188 valence electrons. The topological polar surface area (TPSA) is 95.1 Å². The highest BCUT2D eigenvalue weighted by atomic mass is 16.5. The van der Waals surface area contributed by atoms with E-state index in [4.69, 9.17) is 18.9 Å². The SMILES string of the molecule is COc1cc2c(c(OC)c1OC)-c1ccc(OC)c(=O)cc1C(NC(=O)NCc1ccccc1)CC2. The molecule has 1 atom stereocenters. The predicted octanol–water partition coefficient (Wildman–Crippen LogP) is 4.23. The van der Waals surface area contributed by atoms with Gasteiger partial charge in [0.25, 0.3) is 0 Å². The number of fused-ring (bicyclic) bond motifs is 3. The minimum atomic E-state index is -0.435. The maximum atomic E-state index is 12.9. The van der Waals surface area contributed by atoms with Gasteiger partial charge in [-0.05, 0) is 53.3 Å². The van der Waals surface area contributed by atoms with Gasteiger partial charge in [0.2, 0.25) is 11.2 Å². The summed E-state index contributed by atoms with van der Waals surface area (Å²) in [5.41, 5.74) is 3.87. The summed E-state index contributed by atoms with van der Waals surface area (Å²) in [5, 5.41) is 5.97. The number of hydrogen-bond acceptors (Lipinski definition) is 6. The number of carbonyl (C=O) groups is 1. The molecule has 0 radical (unpaired) electrons. The zero-order valence-electron chi connectivity index (χ0n) is 20.8. The first-order valence-electron chi connectivity index (χ1n) is 11.6. The second-order valence-corrected chi connectivity index (χ2v) is 8.36.